The van der Waals surface area contributed by atoms with E-state index in [9.17, 15) is 19.5 Å². The maximum Gasteiger partial charge on any atom is 0.271 e. The Kier molecular flexibility index (Phi) is 4.14. The Morgan fingerprint density at radius 1 is 1.15 bits per heavy atom. The zero-order valence-electron chi connectivity index (χ0n) is 18.4. The number of hydrogen-bond donors (Lipinski definition) is 4. The molecule has 0 spiro atoms. The minimum Gasteiger partial charge on any atom is -0.454 e. The van der Waals surface area contributed by atoms with Crippen LogP contribution < -0.4 is 21.3 Å². The third-order valence-electron chi connectivity index (χ3n) is 7.37. The molecule has 3 aliphatic rings. The van der Waals surface area contributed by atoms with Gasteiger partial charge < -0.3 is 25.9 Å². The van der Waals surface area contributed by atoms with Crippen molar-refractivity contribution >= 4 is 17.4 Å². The quantitative estimate of drug-likeness (QED) is 0.445. The normalized spacial score (nSPS) is 25.2. The highest BCUT2D eigenvalue weighted by atomic mass is 16.6. The largest absolute Gasteiger partial charge is 0.454 e. The molecular weight excluding hydrogens is 434 g/mol. The summed E-state index contributed by atoms with van der Waals surface area (Å²) in [5, 5.41) is 14.7. The molecule has 0 bridgehead atoms. The lowest BCUT2D eigenvalue weighted by atomic mass is 9.81. The number of ketones is 1. The van der Waals surface area contributed by atoms with Crippen molar-refractivity contribution in [2.24, 2.45) is 5.92 Å². The van der Waals surface area contributed by atoms with Crippen molar-refractivity contribution in [3.05, 3.63) is 92.9 Å². The van der Waals surface area contributed by atoms with E-state index in [0.29, 0.717) is 23.1 Å². The first-order chi connectivity index (χ1) is 16.3. The number of nitrogens with two attached hydrogens (primary N) is 1. The molecule has 2 heterocycles. The molecule has 3 atom stereocenters. The summed E-state index contributed by atoms with van der Waals surface area (Å²) in [6, 6.07) is 14.4. The zero-order valence-corrected chi connectivity index (χ0v) is 18.4. The van der Waals surface area contributed by atoms with E-state index in [4.69, 9.17) is 10.5 Å². The van der Waals surface area contributed by atoms with E-state index in [1.165, 1.54) is 31.0 Å². The molecule has 1 fully saturated rings. The number of aliphatic hydroxyl groups is 1. The summed E-state index contributed by atoms with van der Waals surface area (Å²) in [6.07, 6.45) is 2.34. The Morgan fingerprint density at radius 3 is 2.65 bits per heavy atom. The van der Waals surface area contributed by atoms with E-state index >= 15 is 0 Å². The van der Waals surface area contributed by atoms with Gasteiger partial charge in [0.05, 0.1) is 5.56 Å². The van der Waals surface area contributed by atoms with Crippen LogP contribution in [0.1, 0.15) is 63.2 Å². The first kappa shape index (κ1) is 20.7. The van der Waals surface area contributed by atoms with Crippen molar-refractivity contribution in [2.75, 3.05) is 5.73 Å². The molecule has 5 N–H and O–H groups in total. The van der Waals surface area contributed by atoms with Gasteiger partial charge >= 0.3 is 0 Å². The molecule has 1 aromatic heterocycles. The summed E-state index contributed by atoms with van der Waals surface area (Å²) in [4.78, 5) is 41.5. The average molecular weight is 457 g/mol. The SMILES string of the molecule is C[C@@H](c1ccc2c(c1)O[C@]1(O)c3cccc(N)c3C(=O)[C@]21NC(=O)c1cccc(=O)[nH]1)C1CC1. The molecule has 1 saturated carbocycles. The minimum absolute atomic E-state index is 0.0478. The summed E-state index contributed by atoms with van der Waals surface area (Å²) >= 11 is 0. The summed E-state index contributed by atoms with van der Waals surface area (Å²) in [5.74, 6) is -2.27. The molecule has 172 valence electrons. The van der Waals surface area contributed by atoms with Crippen molar-refractivity contribution < 1.29 is 19.4 Å². The molecule has 8 heteroatoms. The second kappa shape index (κ2) is 6.80. The first-order valence-corrected chi connectivity index (χ1v) is 11.3. The van der Waals surface area contributed by atoms with Crippen molar-refractivity contribution in [3.8, 4) is 5.75 Å². The molecule has 2 aliphatic carbocycles. The van der Waals surface area contributed by atoms with Crippen molar-refractivity contribution in [3.63, 3.8) is 0 Å². The second-order valence-corrected chi connectivity index (χ2v) is 9.36. The number of pyridine rings is 1. The van der Waals surface area contributed by atoms with Crippen LogP contribution in [0.3, 0.4) is 0 Å². The van der Waals surface area contributed by atoms with Crippen LogP contribution in [-0.4, -0.2) is 21.8 Å². The molecule has 0 unspecified atom stereocenters. The van der Waals surface area contributed by atoms with Crippen LogP contribution in [0.4, 0.5) is 5.69 Å². The Morgan fingerprint density at radius 2 is 1.91 bits per heavy atom. The zero-order chi connectivity index (χ0) is 23.8. The lowest BCUT2D eigenvalue weighted by Crippen LogP contribution is -2.60. The monoisotopic (exact) mass is 457 g/mol. The molecule has 3 aromatic rings. The number of fused-ring (bicyclic) bond motifs is 5. The number of aromatic amines is 1. The summed E-state index contributed by atoms with van der Waals surface area (Å²) in [5.41, 5.74) is 5.49. The Labute approximate surface area is 194 Å². The van der Waals surface area contributed by atoms with Crippen molar-refractivity contribution in [1.29, 1.82) is 0 Å². The number of hydrogen-bond acceptors (Lipinski definition) is 6. The summed E-state index contributed by atoms with van der Waals surface area (Å²) in [7, 11) is 0. The highest BCUT2D eigenvalue weighted by Crippen LogP contribution is 2.59. The lowest BCUT2D eigenvalue weighted by Gasteiger charge is -2.34. The van der Waals surface area contributed by atoms with Gasteiger partial charge in [-0.25, -0.2) is 0 Å². The highest BCUT2D eigenvalue weighted by Gasteiger charge is 2.72. The second-order valence-electron chi connectivity index (χ2n) is 9.36. The van der Waals surface area contributed by atoms with Gasteiger partial charge in [-0.05, 0) is 48.4 Å². The van der Waals surface area contributed by atoms with Gasteiger partial charge in [0.25, 0.3) is 11.7 Å². The van der Waals surface area contributed by atoms with Gasteiger partial charge in [0.15, 0.2) is 0 Å². The van der Waals surface area contributed by atoms with Crippen LogP contribution in [0, 0.1) is 5.92 Å². The molecule has 8 nitrogen and oxygen atoms in total. The highest BCUT2D eigenvalue weighted by molar-refractivity contribution is 6.15. The number of ether oxygens (including phenoxy) is 1. The fraction of sp³-hybridized carbons (Fsp3) is 0.269. The molecule has 0 saturated heterocycles. The van der Waals surface area contributed by atoms with Crippen LogP contribution in [-0.2, 0) is 11.3 Å². The van der Waals surface area contributed by atoms with Crippen LogP contribution in [0.2, 0.25) is 0 Å². The van der Waals surface area contributed by atoms with Crippen LogP contribution >= 0.6 is 0 Å². The number of rotatable bonds is 4. The third kappa shape index (κ3) is 2.60. The van der Waals surface area contributed by atoms with Gasteiger partial charge in [0, 0.05) is 22.9 Å². The van der Waals surface area contributed by atoms with E-state index in [0.717, 1.165) is 5.56 Å². The van der Waals surface area contributed by atoms with Gasteiger partial charge in [-0.2, -0.15) is 0 Å². The molecule has 1 amide bonds. The number of carbonyl (C=O) groups excluding carboxylic acids is 2. The summed E-state index contributed by atoms with van der Waals surface area (Å²) < 4.78 is 6.12. The number of benzene rings is 2. The van der Waals surface area contributed by atoms with Crippen LogP contribution in [0.5, 0.6) is 5.75 Å². The number of aromatic nitrogens is 1. The van der Waals surface area contributed by atoms with E-state index in [-0.39, 0.29) is 22.5 Å². The molecule has 34 heavy (non-hydrogen) atoms. The maximum absolute atomic E-state index is 14.0. The number of H-pyrrole nitrogens is 1. The van der Waals surface area contributed by atoms with E-state index in [1.54, 1.807) is 24.3 Å². The van der Waals surface area contributed by atoms with Gasteiger partial charge in [0.1, 0.15) is 11.4 Å². The molecule has 1 aliphatic heterocycles. The molecule has 6 rings (SSSR count). The van der Waals surface area contributed by atoms with E-state index in [2.05, 4.69) is 17.2 Å². The third-order valence-corrected chi connectivity index (χ3v) is 7.37. The lowest BCUT2D eigenvalue weighted by molar-refractivity contribution is -0.169. The number of nitrogen functional groups attached to an aromatic ring is 1. The number of amides is 1. The number of nitrogens with one attached hydrogen (secondary N) is 2. The number of Topliss-reactive ketones (excluding diaryl/α,β-unsaturated/α-hetero) is 1. The first-order valence-electron chi connectivity index (χ1n) is 11.3. The molecular formula is C26H23N3O5. The van der Waals surface area contributed by atoms with E-state index < -0.39 is 28.6 Å². The standard InChI is InChI=1S/C26H23N3O5/c1-13(14-8-9-14)15-10-11-16-20(12-15)34-26(33)17-4-2-5-18(27)22(17)23(31)25(16,26)29-24(32)19-6-3-7-21(30)28-19/h2-7,10-14,33H,8-9,27H2,1H3,(H,28,30)(H,29,32)/t13-,25-,26-/m1/s1. The van der Waals surface area contributed by atoms with E-state index in [1.807, 2.05) is 12.1 Å². The van der Waals surface area contributed by atoms with Gasteiger partial charge in [0.2, 0.25) is 16.9 Å². The predicted molar refractivity (Wildman–Crippen MR) is 123 cm³/mol. The Balaban J connectivity index is 1.54. The Bertz CT molecular complexity index is 1440. The van der Waals surface area contributed by atoms with Gasteiger partial charge in [-0.3, -0.25) is 14.4 Å². The average Bonchev–Trinajstić information content (AvgIpc) is 3.60. The van der Waals surface area contributed by atoms with Gasteiger partial charge in [-0.1, -0.05) is 37.3 Å². The molecule has 0 radical (unpaired) electrons. The van der Waals surface area contributed by atoms with Crippen molar-refractivity contribution in [1.82, 2.24) is 10.3 Å². The number of anilines is 1. The fourth-order valence-electron chi connectivity index (χ4n) is 5.36. The Hall–Kier alpha value is -3.91. The number of carbonyl (C=O) groups is 2. The van der Waals surface area contributed by atoms with Crippen LogP contribution in [0.25, 0.3) is 0 Å². The summed E-state index contributed by atoms with van der Waals surface area (Å²) in [6.45, 7) is 2.15. The van der Waals surface area contributed by atoms with Gasteiger partial charge in [-0.15, -0.1) is 0 Å². The predicted octanol–water partition coefficient (Wildman–Crippen LogP) is 2.53. The van der Waals surface area contributed by atoms with Crippen LogP contribution in [0.15, 0.2) is 59.4 Å². The van der Waals surface area contributed by atoms with Crippen molar-refractivity contribution in [2.45, 2.75) is 37.0 Å². The maximum atomic E-state index is 14.0. The fourth-order valence-corrected chi connectivity index (χ4v) is 5.36. The molecule has 2 aromatic carbocycles. The topological polar surface area (TPSA) is 135 Å². The minimum atomic E-state index is -2.21. The smallest absolute Gasteiger partial charge is 0.271 e.